The van der Waals surface area contributed by atoms with Gasteiger partial charge in [0.05, 0.1) is 10.9 Å². The number of amides is 1. The Labute approximate surface area is 164 Å². The lowest BCUT2D eigenvalue weighted by Gasteiger charge is -2.25. The number of halogens is 1. The van der Waals surface area contributed by atoms with E-state index in [1.54, 1.807) is 6.07 Å². The summed E-state index contributed by atoms with van der Waals surface area (Å²) in [6.07, 6.45) is 1.72. The van der Waals surface area contributed by atoms with E-state index in [0.717, 1.165) is 18.4 Å². The summed E-state index contributed by atoms with van der Waals surface area (Å²) < 4.78 is 40.5. The van der Waals surface area contributed by atoms with E-state index in [1.165, 1.54) is 36.4 Å². The second-order valence-corrected chi connectivity index (χ2v) is 8.88. The first kappa shape index (κ1) is 20.4. The van der Waals surface area contributed by atoms with Crippen LogP contribution in [0.3, 0.4) is 0 Å². The third kappa shape index (κ3) is 5.15. The molecule has 3 rings (SSSR count). The molecule has 0 aromatic heterocycles. The van der Waals surface area contributed by atoms with Crippen LogP contribution in [-0.4, -0.2) is 45.9 Å². The summed E-state index contributed by atoms with van der Waals surface area (Å²) in [7, 11) is 0.170. The number of hydrogen-bond donors (Lipinski definition) is 2. The normalized spacial score (nSPS) is 15.4. The van der Waals surface area contributed by atoms with E-state index in [2.05, 4.69) is 10.0 Å². The molecule has 0 bridgehead atoms. The zero-order valence-electron chi connectivity index (χ0n) is 15.9. The predicted octanol–water partition coefficient (Wildman–Crippen LogP) is 2.30. The lowest BCUT2D eigenvalue weighted by molar-refractivity contribution is 0.0942. The number of rotatable bonds is 8. The topological polar surface area (TPSA) is 78.5 Å². The van der Waals surface area contributed by atoms with Gasteiger partial charge in [-0.15, -0.1) is 0 Å². The molecule has 1 fully saturated rings. The average Bonchev–Trinajstić information content (AvgIpc) is 3.45. The summed E-state index contributed by atoms with van der Waals surface area (Å²) >= 11 is 0. The zero-order valence-corrected chi connectivity index (χ0v) is 16.7. The van der Waals surface area contributed by atoms with Crippen molar-refractivity contribution in [1.82, 2.24) is 14.9 Å². The number of benzene rings is 2. The number of sulfonamides is 1. The molecule has 6 nitrogen and oxygen atoms in total. The van der Waals surface area contributed by atoms with Crippen LogP contribution < -0.4 is 10.0 Å². The molecule has 0 saturated heterocycles. The highest BCUT2D eigenvalue weighted by Crippen LogP contribution is 2.22. The van der Waals surface area contributed by atoms with E-state index >= 15 is 0 Å². The van der Waals surface area contributed by atoms with Crippen LogP contribution in [0, 0.1) is 5.82 Å². The maximum absolute atomic E-state index is 13.5. The Kier molecular flexibility index (Phi) is 6.12. The number of nitrogens with one attached hydrogen (secondary N) is 2. The molecule has 0 spiro atoms. The second kappa shape index (κ2) is 8.38. The van der Waals surface area contributed by atoms with Gasteiger partial charge in [0.2, 0.25) is 10.0 Å². The van der Waals surface area contributed by atoms with Gasteiger partial charge in [-0.3, -0.25) is 4.79 Å². The first-order chi connectivity index (χ1) is 13.3. The Balaban J connectivity index is 1.65. The quantitative estimate of drug-likeness (QED) is 0.706. The van der Waals surface area contributed by atoms with Crippen molar-refractivity contribution in [2.24, 2.45) is 0 Å². The minimum atomic E-state index is -3.54. The summed E-state index contributed by atoms with van der Waals surface area (Å²) in [6.45, 7) is 0.290. The summed E-state index contributed by atoms with van der Waals surface area (Å²) in [5.74, 6) is -0.644. The van der Waals surface area contributed by atoms with Crippen LogP contribution in [-0.2, 0) is 10.0 Å². The van der Waals surface area contributed by atoms with Crippen molar-refractivity contribution in [2.75, 3.05) is 20.6 Å². The van der Waals surface area contributed by atoms with Crippen LogP contribution in [0.15, 0.2) is 53.4 Å². The zero-order chi connectivity index (χ0) is 20.3. The predicted molar refractivity (Wildman–Crippen MR) is 105 cm³/mol. The van der Waals surface area contributed by atoms with Crippen LogP contribution in [0.25, 0.3) is 0 Å². The molecule has 1 saturated carbocycles. The SMILES string of the molecule is CN(C)C(CNC(=O)c1ccc(S(=O)(=O)NC2CC2)cc1)c1cccc(F)c1. The second-order valence-electron chi connectivity index (χ2n) is 7.16. The molecular weight excluding hydrogens is 381 g/mol. The highest BCUT2D eigenvalue weighted by atomic mass is 32.2. The van der Waals surface area contributed by atoms with E-state index < -0.39 is 10.0 Å². The van der Waals surface area contributed by atoms with E-state index in [-0.39, 0.29) is 28.7 Å². The lowest BCUT2D eigenvalue weighted by Crippen LogP contribution is -2.34. The molecule has 2 aromatic rings. The van der Waals surface area contributed by atoms with Crippen molar-refractivity contribution >= 4 is 15.9 Å². The lowest BCUT2D eigenvalue weighted by atomic mass is 10.1. The molecule has 0 radical (unpaired) electrons. The molecule has 2 N–H and O–H groups in total. The van der Waals surface area contributed by atoms with Gasteiger partial charge in [-0.1, -0.05) is 12.1 Å². The molecule has 0 aliphatic heterocycles. The highest BCUT2D eigenvalue weighted by molar-refractivity contribution is 7.89. The molecule has 1 aliphatic rings. The molecule has 8 heteroatoms. The maximum Gasteiger partial charge on any atom is 0.251 e. The summed E-state index contributed by atoms with van der Waals surface area (Å²) in [5, 5.41) is 2.83. The van der Waals surface area contributed by atoms with E-state index in [1.807, 2.05) is 25.1 Å². The number of likely N-dealkylation sites (N-methyl/N-ethyl adjacent to an activating group) is 1. The third-order valence-corrected chi connectivity index (χ3v) is 6.18. The standard InChI is InChI=1S/C20H24FN3O3S/c1-24(2)19(15-4-3-5-16(21)12-15)13-22-20(25)14-6-10-18(11-7-14)28(26,27)23-17-8-9-17/h3-7,10-12,17,19,23H,8-9,13H2,1-2H3,(H,22,25). The van der Waals surface area contributed by atoms with Crippen molar-refractivity contribution in [2.45, 2.75) is 29.8 Å². The largest absolute Gasteiger partial charge is 0.350 e. The molecule has 28 heavy (non-hydrogen) atoms. The fraction of sp³-hybridized carbons (Fsp3) is 0.350. The van der Waals surface area contributed by atoms with Gasteiger partial charge in [-0.05, 0) is 68.9 Å². The summed E-state index contributed by atoms with van der Waals surface area (Å²) in [6, 6.07) is 11.9. The smallest absolute Gasteiger partial charge is 0.251 e. The average molecular weight is 405 g/mol. The fourth-order valence-electron chi connectivity index (χ4n) is 2.88. The van der Waals surface area contributed by atoms with Gasteiger partial charge in [0, 0.05) is 18.2 Å². The van der Waals surface area contributed by atoms with Gasteiger partial charge in [-0.2, -0.15) is 0 Å². The summed E-state index contributed by atoms with van der Waals surface area (Å²) in [5.41, 5.74) is 1.13. The fourth-order valence-corrected chi connectivity index (χ4v) is 4.18. The van der Waals surface area contributed by atoms with Gasteiger partial charge >= 0.3 is 0 Å². The highest BCUT2D eigenvalue weighted by Gasteiger charge is 2.28. The van der Waals surface area contributed by atoms with Crippen LogP contribution in [0.5, 0.6) is 0 Å². The van der Waals surface area contributed by atoms with E-state index in [0.29, 0.717) is 12.1 Å². The minimum Gasteiger partial charge on any atom is -0.350 e. The Morgan fingerprint density at radius 3 is 2.43 bits per heavy atom. The first-order valence-corrected chi connectivity index (χ1v) is 10.6. The van der Waals surface area contributed by atoms with Gasteiger partial charge in [-0.25, -0.2) is 17.5 Å². The van der Waals surface area contributed by atoms with Crippen LogP contribution >= 0.6 is 0 Å². The number of hydrogen-bond acceptors (Lipinski definition) is 4. The Morgan fingerprint density at radius 1 is 1.18 bits per heavy atom. The molecule has 1 atom stereocenters. The molecule has 2 aromatic carbocycles. The monoisotopic (exact) mass is 405 g/mol. The third-order valence-electron chi connectivity index (χ3n) is 4.64. The van der Waals surface area contributed by atoms with Gasteiger partial charge in [0.15, 0.2) is 0 Å². The maximum atomic E-state index is 13.5. The number of nitrogens with zero attached hydrogens (tertiary/aromatic N) is 1. The molecule has 1 unspecified atom stereocenters. The molecule has 150 valence electrons. The Morgan fingerprint density at radius 2 is 1.86 bits per heavy atom. The van der Waals surface area contributed by atoms with Crippen molar-refractivity contribution in [3.8, 4) is 0 Å². The minimum absolute atomic E-state index is 0.0266. The van der Waals surface area contributed by atoms with Crippen molar-refractivity contribution in [1.29, 1.82) is 0 Å². The van der Waals surface area contributed by atoms with Crippen molar-refractivity contribution in [3.05, 3.63) is 65.5 Å². The first-order valence-electron chi connectivity index (χ1n) is 9.09. The molecule has 1 aliphatic carbocycles. The Hall–Kier alpha value is -2.29. The van der Waals surface area contributed by atoms with Crippen LogP contribution in [0.1, 0.15) is 34.8 Å². The number of carbonyl (C=O) groups is 1. The van der Waals surface area contributed by atoms with E-state index in [4.69, 9.17) is 0 Å². The van der Waals surface area contributed by atoms with Crippen LogP contribution in [0.4, 0.5) is 4.39 Å². The Bertz CT molecular complexity index is 941. The van der Waals surface area contributed by atoms with E-state index in [9.17, 15) is 17.6 Å². The van der Waals surface area contributed by atoms with Crippen molar-refractivity contribution in [3.63, 3.8) is 0 Å². The molecule has 0 heterocycles. The van der Waals surface area contributed by atoms with Gasteiger partial charge in [0.1, 0.15) is 5.82 Å². The number of carbonyl (C=O) groups excluding carboxylic acids is 1. The van der Waals surface area contributed by atoms with Gasteiger partial charge < -0.3 is 10.2 Å². The molecular formula is C20H24FN3O3S. The van der Waals surface area contributed by atoms with Crippen molar-refractivity contribution < 1.29 is 17.6 Å². The van der Waals surface area contributed by atoms with Gasteiger partial charge in [0.25, 0.3) is 5.91 Å². The summed E-state index contributed by atoms with van der Waals surface area (Å²) in [4.78, 5) is 14.5. The van der Waals surface area contributed by atoms with Crippen LogP contribution in [0.2, 0.25) is 0 Å². The molecule has 1 amide bonds.